The first-order valence-corrected chi connectivity index (χ1v) is 14.7. The van der Waals surface area contributed by atoms with E-state index in [4.69, 9.17) is 11.6 Å². The molecule has 0 aromatic heterocycles. The molecule has 0 unspecified atom stereocenters. The largest absolute Gasteiger partial charge is 0.352 e. The first kappa shape index (κ1) is 30.2. The highest BCUT2D eigenvalue weighted by Gasteiger charge is 2.34. The molecule has 1 atom stereocenters. The molecule has 9 heteroatoms. The zero-order chi connectivity index (χ0) is 28.7. The van der Waals surface area contributed by atoms with E-state index in [2.05, 4.69) is 5.32 Å². The normalized spacial score (nSPS) is 12.2. The number of carbonyl (C=O) groups excluding carboxylic acids is 2. The molecule has 39 heavy (non-hydrogen) atoms. The molecule has 0 aliphatic rings. The second-order valence-electron chi connectivity index (χ2n) is 9.85. The van der Waals surface area contributed by atoms with Gasteiger partial charge in [-0.2, -0.15) is 0 Å². The van der Waals surface area contributed by atoms with Crippen molar-refractivity contribution in [3.63, 3.8) is 0 Å². The van der Waals surface area contributed by atoms with Crippen molar-refractivity contribution in [2.45, 2.75) is 64.6 Å². The summed E-state index contributed by atoms with van der Waals surface area (Å²) in [5, 5.41) is 3.28. The van der Waals surface area contributed by atoms with Crippen LogP contribution in [-0.2, 0) is 26.2 Å². The molecule has 2 amide bonds. The molecule has 0 bridgehead atoms. The third-order valence-electron chi connectivity index (χ3n) is 6.34. The summed E-state index contributed by atoms with van der Waals surface area (Å²) in [7, 11) is -4.14. The van der Waals surface area contributed by atoms with Crippen LogP contribution in [0.2, 0.25) is 5.02 Å². The molecule has 7 nitrogen and oxygen atoms in total. The van der Waals surface area contributed by atoms with Gasteiger partial charge in [-0.3, -0.25) is 13.9 Å². The van der Waals surface area contributed by atoms with Gasteiger partial charge in [0.2, 0.25) is 11.8 Å². The average Bonchev–Trinajstić information content (AvgIpc) is 2.90. The van der Waals surface area contributed by atoms with E-state index < -0.39 is 28.5 Å². The number of nitrogens with zero attached hydrogens (tertiary/aromatic N) is 2. The van der Waals surface area contributed by atoms with Gasteiger partial charge in [-0.1, -0.05) is 72.6 Å². The van der Waals surface area contributed by atoms with Crippen LogP contribution in [0, 0.1) is 13.8 Å². The van der Waals surface area contributed by atoms with Crippen LogP contribution in [0.1, 0.15) is 43.9 Å². The smallest absolute Gasteiger partial charge is 0.264 e. The van der Waals surface area contributed by atoms with Crippen molar-refractivity contribution in [1.82, 2.24) is 10.2 Å². The Balaban J connectivity index is 2.07. The van der Waals surface area contributed by atoms with Crippen LogP contribution >= 0.6 is 11.6 Å². The number of sulfonamides is 1. The Morgan fingerprint density at radius 3 is 2.15 bits per heavy atom. The fourth-order valence-electron chi connectivity index (χ4n) is 4.18. The molecule has 208 valence electrons. The molecular weight excluding hydrogens is 534 g/mol. The Morgan fingerprint density at radius 1 is 0.949 bits per heavy atom. The first-order chi connectivity index (χ1) is 18.4. The number of hydrogen-bond donors (Lipinski definition) is 1. The number of hydrogen-bond acceptors (Lipinski definition) is 4. The second kappa shape index (κ2) is 13.1. The summed E-state index contributed by atoms with van der Waals surface area (Å²) in [5.41, 5.74) is 2.94. The minimum atomic E-state index is -4.14. The SMILES string of the molecule is CC[C@@H](C(=O)NC(C)C)N(Cc1ccc(C)cc1)C(=O)CN(c1ccc(C)c(Cl)c1)S(=O)(=O)c1ccccc1. The molecule has 0 saturated carbocycles. The van der Waals surface area contributed by atoms with Crippen LogP contribution in [0.4, 0.5) is 5.69 Å². The minimum absolute atomic E-state index is 0.0455. The van der Waals surface area contributed by atoms with Gasteiger partial charge in [0.1, 0.15) is 12.6 Å². The van der Waals surface area contributed by atoms with Gasteiger partial charge < -0.3 is 10.2 Å². The highest BCUT2D eigenvalue weighted by atomic mass is 35.5. The maximum absolute atomic E-state index is 14.0. The molecule has 3 aromatic carbocycles. The van der Waals surface area contributed by atoms with Crippen molar-refractivity contribution >= 4 is 39.1 Å². The molecule has 0 saturated heterocycles. The number of amides is 2. The molecule has 0 aliphatic carbocycles. The van der Waals surface area contributed by atoms with Crippen LogP contribution in [0.15, 0.2) is 77.7 Å². The van der Waals surface area contributed by atoms with Crippen molar-refractivity contribution in [2.75, 3.05) is 10.8 Å². The zero-order valence-corrected chi connectivity index (χ0v) is 24.6. The van der Waals surface area contributed by atoms with Crippen molar-refractivity contribution in [3.8, 4) is 0 Å². The molecule has 3 rings (SSSR count). The molecular formula is C30H36ClN3O4S. The number of rotatable bonds is 11. The summed E-state index contributed by atoms with van der Waals surface area (Å²) >= 11 is 6.37. The minimum Gasteiger partial charge on any atom is -0.352 e. The standard InChI is InChI=1S/C30H36ClN3O4S/c1-6-28(30(36)32-21(2)3)33(19-24-15-12-22(4)13-16-24)29(35)20-34(25-17-14-23(5)27(31)18-25)39(37,38)26-10-8-7-9-11-26/h7-18,21,28H,6,19-20H2,1-5H3,(H,32,36)/t28-/m0/s1. The lowest BCUT2D eigenvalue weighted by Gasteiger charge is -2.33. The van der Waals surface area contributed by atoms with E-state index in [-0.39, 0.29) is 29.1 Å². The van der Waals surface area contributed by atoms with Gasteiger partial charge in [-0.15, -0.1) is 0 Å². The van der Waals surface area contributed by atoms with Crippen LogP contribution < -0.4 is 9.62 Å². The maximum Gasteiger partial charge on any atom is 0.264 e. The van der Waals surface area contributed by atoms with E-state index >= 15 is 0 Å². The Hall–Kier alpha value is -3.36. The molecule has 0 fully saturated rings. The number of anilines is 1. The van der Waals surface area contributed by atoms with Crippen molar-refractivity contribution < 1.29 is 18.0 Å². The van der Waals surface area contributed by atoms with Crippen LogP contribution in [-0.4, -0.2) is 43.8 Å². The van der Waals surface area contributed by atoms with Crippen LogP contribution in [0.3, 0.4) is 0 Å². The monoisotopic (exact) mass is 569 g/mol. The van der Waals surface area contributed by atoms with E-state index in [9.17, 15) is 18.0 Å². The third kappa shape index (κ3) is 7.61. The number of benzene rings is 3. The predicted octanol–water partition coefficient (Wildman–Crippen LogP) is 5.48. The predicted molar refractivity (Wildman–Crippen MR) is 156 cm³/mol. The lowest BCUT2D eigenvalue weighted by atomic mass is 10.1. The highest BCUT2D eigenvalue weighted by Crippen LogP contribution is 2.28. The summed E-state index contributed by atoms with van der Waals surface area (Å²) < 4.78 is 28.7. The summed E-state index contributed by atoms with van der Waals surface area (Å²) in [6.45, 7) is 8.97. The van der Waals surface area contributed by atoms with Crippen molar-refractivity contribution in [1.29, 1.82) is 0 Å². The fourth-order valence-corrected chi connectivity index (χ4v) is 5.78. The van der Waals surface area contributed by atoms with E-state index in [1.54, 1.807) is 30.3 Å². The summed E-state index contributed by atoms with van der Waals surface area (Å²) in [6, 6.07) is 19.6. The van der Waals surface area contributed by atoms with Crippen molar-refractivity contribution in [2.24, 2.45) is 0 Å². The van der Waals surface area contributed by atoms with Gasteiger partial charge >= 0.3 is 0 Å². The number of carbonyl (C=O) groups is 2. The second-order valence-corrected chi connectivity index (χ2v) is 12.1. The first-order valence-electron chi connectivity index (χ1n) is 12.9. The van der Waals surface area contributed by atoms with Crippen LogP contribution in [0.5, 0.6) is 0 Å². The topological polar surface area (TPSA) is 86.8 Å². The van der Waals surface area contributed by atoms with Gasteiger partial charge in [0.05, 0.1) is 10.6 Å². The number of nitrogens with one attached hydrogen (secondary N) is 1. The lowest BCUT2D eigenvalue weighted by molar-refractivity contribution is -0.140. The van der Waals surface area contributed by atoms with Gasteiger partial charge in [-0.05, 0) is 69.5 Å². The van der Waals surface area contributed by atoms with E-state index in [0.29, 0.717) is 11.4 Å². The lowest BCUT2D eigenvalue weighted by Crippen LogP contribution is -2.53. The molecule has 0 spiro atoms. The number of halogens is 1. The van der Waals surface area contributed by atoms with Crippen LogP contribution in [0.25, 0.3) is 0 Å². The molecule has 0 heterocycles. The van der Waals surface area contributed by atoms with E-state index in [1.165, 1.54) is 23.1 Å². The molecule has 1 N–H and O–H groups in total. The third-order valence-corrected chi connectivity index (χ3v) is 8.54. The Bertz CT molecular complexity index is 1390. The summed E-state index contributed by atoms with van der Waals surface area (Å²) in [4.78, 5) is 28.7. The Kier molecular flexibility index (Phi) is 10.2. The summed E-state index contributed by atoms with van der Waals surface area (Å²) in [5.74, 6) is -0.790. The fraction of sp³-hybridized carbons (Fsp3) is 0.333. The number of aryl methyl sites for hydroxylation is 2. The summed E-state index contributed by atoms with van der Waals surface area (Å²) in [6.07, 6.45) is 0.359. The highest BCUT2D eigenvalue weighted by molar-refractivity contribution is 7.92. The Labute approximate surface area is 236 Å². The maximum atomic E-state index is 14.0. The van der Waals surface area contributed by atoms with Gasteiger partial charge in [0.25, 0.3) is 10.0 Å². The molecule has 0 radical (unpaired) electrons. The van der Waals surface area contributed by atoms with Gasteiger partial charge in [0, 0.05) is 17.6 Å². The zero-order valence-electron chi connectivity index (χ0n) is 23.0. The van der Waals surface area contributed by atoms with Crippen molar-refractivity contribution in [3.05, 3.63) is 94.5 Å². The molecule has 0 aliphatic heterocycles. The average molecular weight is 570 g/mol. The molecule has 3 aromatic rings. The van der Waals surface area contributed by atoms with E-state index in [0.717, 1.165) is 21.0 Å². The quantitative estimate of drug-likeness (QED) is 0.331. The van der Waals surface area contributed by atoms with Gasteiger partial charge in [-0.25, -0.2) is 8.42 Å². The van der Waals surface area contributed by atoms with Gasteiger partial charge in [0.15, 0.2) is 0 Å². The Morgan fingerprint density at radius 2 is 1.59 bits per heavy atom. The van der Waals surface area contributed by atoms with E-state index in [1.807, 2.05) is 58.9 Å².